The average molecular weight is 472 g/mol. The van der Waals surface area contributed by atoms with Crippen molar-refractivity contribution in [1.82, 2.24) is 15.0 Å². The second-order valence-corrected chi connectivity index (χ2v) is 9.02. The second kappa shape index (κ2) is 9.27. The number of pyridine rings is 2. The monoisotopic (exact) mass is 471 g/mol. The SMILES string of the molecule is Cc1ccc2cccc(OC(=O)CCCc3c(-c4ccc5ccccc5n4)[nH]c4ccccc34)c2n1. The van der Waals surface area contributed by atoms with E-state index in [1.165, 1.54) is 5.56 Å². The number of hydrogen-bond acceptors (Lipinski definition) is 4. The number of hydrogen-bond donors (Lipinski definition) is 1. The number of fused-ring (bicyclic) bond motifs is 3. The van der Waals surface area contributed by atoms with Crippen molar-refractivity contribution < 1.29 is 9.53 Å². The molecule has 3 aromatic carbocycles. The van der Waals surface area contributed by atoms with Crippen LogP contribution in [-0.4, -0.2) is 20.9 Å². The molecule has 0 atom stereocenters. The van der Waals surface area contributed by atoms with E-state index < -0.39 is 0 Å². The number of nitrogens with one attached hydrogen (secondary N) is 1. The Labute approximate surface area is 208 Å². The number of para-hydroxylation sites is 3. The first-order valence-electron chi connectivity index (χ1n) is 12.2. The van der Waals surface area contributed by atoms with Crippen molar-refractivity contribution in [2.45, 2.75) is 26.2 Å². The third-order valence-electron chi connectivity index (χ3n) is 6.52. The Bertz CT molecular complexity index is 1740. The Balaban J connectivity index is 1.24. The summed E-state index contributed by atoms with van der Waals surface area (Å²) in [6.45, 7) is 1.93. The molecule has 3 aromatic heterocycles. The predicted molar refractivity (Wildman–Crippen MR) is 144 cm³/mol. The van der Waals surface area contributed by atoms with E-state index in [1.54, 1.807) is 6.07 Å². The van der Waals surface area contributed by atoms with Crippen LogP contribution < -0.4 is 4.74 Å². The molecule has 0 aliphatic carbocycles. The van der Waals surface area contributed by atoms with Gasteiger partial charge in [-0.1, -0.05) is 60.7 Å². The summed E-state index contributed by atoms with van der Waals surface area (Å²) in [5.41, 5.74) is 6.71. The summed E-state index contributed by atoms with van der Waals surface area (Å²) in [4.78, 5) is 25.8. The zero-order valence-electron chi connectivity index (χ0n) is 20.0. The number of H-pyrrole nitrogens is 1. The summed E-state index contributed by atoms with van der Waals surface area (Å²) in [5.74, 6) is 0.255. The maximum absolute atomic E-state index is 12.8. The van der Waals surface area contributed by atoms with Gasteiger partial charge in [-0.3, -0.25) is 4.79 Å². The molecule has 0 saturated carbocycles. The Kier molecular flexibility index (Phi) is 5.66. The number of ether oxygens (including phenoxy) is 1. The minimum Gasteiger partial charge on any atom is -0.424 e. The number of carbonyl (C=O) groups is 1. The van der Waals surface area contributed by atoms with Gasteiger partial charge in [0.25, 0.3) is 0 Å². The lowest BCUT2D eigenvalue weighted by atomic mass is 10.0. The molecule has 176 valence electrons. The average Bonchev–Trinajstić information content (AvgIpc) is 3.27. The summed E-state index contributed by atoms with van der Waals surface area (Å²) in [6, 6.07) is 30.1. The third kappa shape index (κ3) is 4.20. The van der Waals surface area contributed by atoms with Crippen molar-refractivity contribution in [3.8, 4) is 17.1 Å². The minimum atomic E-state index is -0.254. The van der Waals surface area contributed by atoms with Crippen LogP contribution in [0.2, 0.25) is 0 Å². The fraction of sp³-hybridized carbons (Fsp3) is 0.129. The van der Waals surface area contributed by atoms with E-state index in [4.69, 9.17) is 9.72 Å². The fourth-order valence-corrected chi connectivity index (χ4v) is 4.77. The van der Waals surface area contributed by atoms with Gasteiger partial charge in [-0.05, 0) is 55.7 Å². The van der Waals surface area contributed by atoms with Crippen molar-refractivity contribution in [2.24, 2.45) is 0 Å². The Morgan fingerprint density at radius 3 is 2.58 bits per heavy atom. The number of benzene rings is 3. The first-order chi connectivity index (χ1) is 17.7. The molecule has 0 radical (unpaired) electrons. The molecule has 5 heteroatoms. The van der Waals surface area contributed by atoms with Crippen molar-refractivity contribution in [1.29, 1.82) is 0 Å². The van der Waals surface area contributed by atoms with E-state index in [0.29, 0.717) is 24.1 Å². The number of carbonyl (C=O) groups excluding carboxylic acids is 1. The predicted octanol–water partition coefficient (Wildman–Crippen LogP) is 7.17. The van der Waals surface area contributed by atoms with Crippen LogP contribution in [0.15, 0.2) is 91.0 Å². The van der Waals surface area contributed by atoms with E-state index in [1.807, 2.05) is 61.5 Å². The Hall–Kier alpha value is -4.51. The quantitative estimate of drug-likeness (QED) is 0.207. The smallest absolute Gasteiger partial charge is 0.311 e. The molecule has 0 fully saturated rings. The summed E-state index contributed by atoms with van der Waals surface area (Å²) >= 11 is 0. The van der Waals surface area contributed by atoms with Gasteiger partial charge in [-0.15, -0.1) is 0 Å². The summed E-state index contributed by atoms with van der Waals surface area (Å²) in [6.07, 6.45) is 1.71. The number of aromatic amines is 1. The van der Waals surface area contributed by atoms with Crippen LogP contribution >= 0.6 is 0 Å². The largest absolute Gasteiger partial charge is 0.424 e. The van der Waals surface area contributed by atoms with Crippen LogP contribution in [0.5, 0.6) is 5.75 Å². The maximum Gasteiger partial charge on any atom is 0.311 e. The van der Waals surface area contributed by atoms with Gasteiger partial charge in [0.15, 0.2) is 5.75 Å². The topological polar surface area (TPSA) is 67.9 Å². The highest BCUT2D eigenvalue weighted by atomic mass is 16.5. The van der Waals surface area contributed by atoms with E-state index >= 15 is 0 Å². The van der Waals surface area contributed by atoms with E-state index in [-0.39, 0.29) is 5.97 Å². The summed E-state index contributed by atoms with van der Waals surface area (Å²) in [5, 5.41) is 3.22. The zero-order chi connectivity index (χ0) is 24.5. The number of nitrogens with zero attached hydrogens (tertiary/aromatic N) is 2. The van der Waals surface area contributed by atoms with Crippen molar-refractivity contribution >= 4 is 38.7 Å². The van der Waals surface area contributed by atoms with Gasteiger partial charge in [-0.25, -0.2) is 9.97 Å². The summed E-state index contributed by atoms with van der Waals surface area (Å²) < 4.78 is 5.73. The molecule has 0 amide bonds. The first-order valence-corrected chi connectivity index (χ1v) is 12.2. The molecule has 0 spiro atoms. The van der Waals surface area contributed by atoms with Gasteiger partial charge in [0.2, 0.25) is 0 Å². The van der Waals surface area contributed by atoms with Crippen LogP contribution in [0.4, 0.5) is 0 Å². The lowest BCUT2D eigenvalue weighted by Gasteiger charge is -2.09. The fourth-order valence-electron chi connectivity index (χ4n) is 4.77. The molecule has 5 nitrogen and oxygen atoms in total. The highest BCUT2D eigenvalue weighted by Crippen LogP contribution is 2.32. The molecule has 0 aliphatic heterocycles. The Morgan fingerprint density at radius 1 is 0.833 bits per heavy atom. The second-order valence-electron chi connectivity index (χ2n) is 9.02. The molecule has 36 heavy (non-hydrogen) atoms. The lowest BCUT2D eigenvalue weighted by molar-refractivity contribution is -0.134. The van der Waals surface area contributed by atoms with Gasteiger partial charge in [-0.2, -0.15) is 0 Å². The number of rotatable bonds is 6. The van der Waals surface area contributed by atoms with Crippen molar-refractivity contribution in [3.05, 3.63) is 102 Å². The molecule has 0 unspecified atom stereocenters. The van der Waals surface area contributed by atoms with E-state index in [9.17, 15) is 4.79 Å². The van der Waals surface area contributed by atoms with Gasteiger partial charge in [0.1, 0.15) is 5.52 Å². The van der Waals surface area contributed by atoms with Gasteiger partial charge in [0.05, 0.1) is 16.9 Å². The number of esters is 1. The van der Waals surface area contributed by atoms with E-state index in [0.717, 1.165) is 50.7 Å². The standard InChI is InChI=1S/C31H25N3O2/c1-20-16-17-22-9-6-14-28(30(22)32-20)36-29(35)15-7-11-24-23-10-3-5-13-26(23)34-31(24)27-19-18-21-8-2-4-12-25(21)33-27/h2-6,8-10,12-14,16-19,34H,7,11,15H2,1H3. The highest BCUT2D eigenvalue weighted by molar-refractivity contribution is 5.92. The van der Waals surface area contributed by atoms with Gasteiger partial charge in [0, 0.05) is 33.8 Å². The molecular formula is C31H25N3O2. The van der Waals surface area contributed by atoms with Crippen LogP contribution in [0.3, 0.4) is 0 Å². The first kappa shape index (κ1) is 22.0. The van der Waals surface area contributed by atoms with Crippen LogP contribution in [0.25, 0.3) is 44.1 Å². The molecule has 0 bridgehead atoms. The molecule has 0 saturated heterocycles. The lowest BCUT2D eigenvalue weighted by Crippen LogP contribution is -2.09. The van der Waals surface area contributed by atoms with Crippen LogP contribution in [0.1, 0.15) is 24.1 Å². The van der Waals surface area contributed by atoms with Crippen molar-refractivity contribution in [3.63, 3.8) is 0 Å². The molecular weight excluding hydrogens is 446 g/mol. The Morgan fingerprint density at radius 2 is 1.64 bits per heavy atom. The molecule has 3 heterocycles. The van der Waals surface area contributed by atoms with E-state index in [2.05, 4.69) is 40.3 Å². The highest BCUT2D eigenvalue weighted by Gasteiger charge is 2.16. The molecule has 0 aliphatic rings. The van der Waals surface area contributed by atoms with Crippen molar-refractivity contribution in [2.75, 3.05) is 0 Å². The van der Waals surface area contributed by atoms with Gasteiger partial charge >= 0.3 is 5.97 Å². The third-order valence-corrected chi connectivity index (χ3v) is 6.52. The van der Waals surface area contributed by atoms with Gasteiger partial charge < -0.3 is 9.72 Å². The molecule has 6 rings (SSSR count). The van der Waals surface area contributed by atoms with Crippen LogP contribution in [-0.2, 0) is 11.2 Å². The maximum atomic E-state index is 12.8. The summed E-state index contributed by atoms with van der Waals surface area (Å²) in [7, 11) is 0. The van der Waals surface area contributed by atoms with Crippen LogP contribution in [0, 0.1) is 6.92 Å². The molecule has 1 N–H and O–H groups in total. The number of aryl methyl sites for hydroxylation is 2. The number of aromatic nitrogens is 3. The zero-order valence-corrected chi connectivity index (χ0v) is 20.0. The minimum absolute atomic E-state index is 0.254. The molecule has 6 aromatic rings. The normalized spacial score (nSPS) is 11.4.